The molecule has 0 atom stereocenters. The third-order valence-electron chi connectivity index (χ3n) is 5.03. The molecule has 0 unspecified atom stereocenters. The van der Waals surface area contributed by atoms with Crippen LogP contribution in [0.5, 0.6) is 0 Å². The third-order valence-corrected chi connectivity index (χ3v) is 6.90. The maximum absolute atomic E-state index is 12.8. The lowest BCUT2D eigenvalue weighted by Crippen LogP contribution is -2.35. The Morgan fingerprint density at radius 3 is 2.48 bits per heavy atom. The van der Waals surface area contributed by atoms with Gasteiger partial charge in [0.2, 0.25) is 10.0 Å². The molecule has 8 nitrogen and oxygen atoms in total. The number of nitrogens with one attached hydrogen (secondary N) is 2. The zero-order valence-corrected chi connectivity index (χ0v) is 17.5. The standard InChI is InChI=1S/C20H26N4O4S/c1-21-19(25)16-8-6-7-15(11-16)13-22-20(26)18-12-17(14-23(18)2)29(27,28)24-9-4-3-5-10-24/h6-8,11-12,14H,3-5,9-10,13H2,1-2H3,(H,21,25)(H,22,26). The molecule has 0 bridgehead atoms. The molecule has 1 aromatic heterocycles. The average molecular weight is 419 g/mol. The number of sulfonamides is 1. The summed E-state index contributed by atoms with van der Waals surface area (Å²) in [6, 6.07) is 8.37. The third kappa shape index (κ3) is 4.68. The van der Waals surface area contributed by atoms with E-state index in [0.717, 1.165) is 24.8 Å². The summed E-state index contributed by atoms with van der Waals surface area (Å²) in [7, 11) is -0.388. The van der Waals surface area contributed by atoms with Crippen LogP contribution in [-0.2, 0) is 23.6 Å². The molecule has 156 valence electrons. The Labute approximate surface area is 170 Å². The minimum atomic E-state index is -3.59. The Balaban J connectivity index is 1.71. The first-order chi connectivity index (χ1) is 13.8. The van der Waals surface area contributed by atoms with Crippen LogP contribution < -0.4 is 10.6 Å². The van der Waals surface area contributed by atoms with E-state index in [1.54, 1.807) is 32.3 Å². The first-order valence-electron chi connectivity index (χ1n) is 9.58. The Kier molecular flexibility index (Phi) is 6.39. The number of hydrogen-bond donors (Lipinski definition) is 2. The van der Waals surface area contributed by atoms with E-state index in [9.17, 15) is 18.0 Å². The minimum Gasteiger partial charge on any atom is -0.355 e. The largest absolute Gasteiger partial charge is 0.355 e. The van der Waals surface area contributed by atoms with Crippen LogP contribution >= 0.6 is 0 Å². The quantitative estimate of drug-likeness (QED) is 0.742. The SMILES string of the molecule is CNC(=O)c1cccc(CNC(=O)c2cc(S(=O)(=O)N3CCCCC3)cn2C)c1. The highest BCUT2D eigenvalue weighted by Crippen LogP contribution is 2.22. The van der Waals surface area contributed by atoms with Gasteiger partial charge in [0.1, 0.15) is 10.6 Å². The van der Waals surface area contributed by atoms with Crippen LogP contribution in [0, 0.1) is 0 Å². The lowest BCUT2D eigenvalue weighted by atomic mass is 10.1. The van der Waals surface area contributed by atoms with Crippen molar-refractivity contribution in [2.75, 3.05) is 20.1 Å². The van der Waals surface area contributed by atoms with E-state index in [2.05, 4.69) is 10.6 Å². The average Bonchev–Trinajstić information content (AvgIpc) is 3.15. The second kappa shape index (κ2) is 8.79. The van der Waals surface area contributed by atoms with E-state index in [1.807, 2.05) is 6.07 Å². The van der Waals surface area contributed by atoms with Gasteiger partial charge in [-0.2, -0.15) is 4.31 Å². The molecule has 1 saturated heterocycles. The predicted molar refractivity (Wildman–Crippen MR) is 109 cm³/mol. The maximum atomic E-state index is 12.8. The summed E-state index contributed by atoms with van der Waals surface area (Å²) in [5.74, 6) is -0.578. The molecule has 3 rings (SSSR count). The van der Waals surface area contributed by atoms with Gasteiger partial charge in [0.05, 0.1) is 0 Å². The molecule has 1 fully saturated rings. The van der Waals surface area contributed by atoms with Gasteiger partial charge >= 0.3 is 0 Å². The van der Waals surface area contributed by atoms with Crippen molar-refractivity contribution in [3.63, 3.8) is 0 Å². The molecule has 2 amide bonds. The second-order valence-corrected chi connectivity index (χ2v) is 9.04. The van der Waals surface area contributed by atoms with Gasteiger partial charge < -0.3 is 15.2 Å². The summed E-state index contributed by atoms with van der Waals surface area (Å²) >= 11 is 0. The van der Waals surface area contributed by atoms with Gasteiger partial charge in [0.15, 0.2) is 0 Å². The second-order valence-electron chi connectivity index (χ2n) is 7.10. The van der Waals surface area contributed by atoms with Gasteiger partial charge in [-0.05, 0) is 36.6 Å². The minimum absolute atomic E-state index is 0.133. The van der Waals surface area contributed by atoms with Gasteiger partial charge in [-0.1, -0.05) is 18.6 Å². The van der Waals surface area contributed by atoms with Crippen molar-refractivity contribution < 1.29 is 18.0 Å². The fourth-order valence-electron chi connectivity index (χ4n) is 3.40. The van der Waals surface area contributed by atoms with E-state index in [1.165, 1.54) is 21.1 Å². The topological polar surface area (TPSA) is 101 Å². The number of benzene rings is 1. The molecule has 1 aliphatic rings. The molecule has 9 heteroatoms. The molecular weight excluding hydrogens is 392 g/mol. The molecule has 2 heterocycles. The van der Waals surface area contributed by atoms with Crippen LogP contribution in [0.1, 0.15) is 45.7 Å². The van der Waals surface area contributed by atoms with E-state index in [0.29, 0.717) is 18.7 Å². The normalized spacial score (nSPS) is 15.1. The van der Waals surface area contributed by atoms with Crippen LogP contribution in [-0.4, -0.2) is 49.2 Å². The van der Waals surface area contributed by atoms with Crippen molar-refractivity contribution in [1.29, 1.82) is 0 Å². The molecular formula is C20H26N4O4S. The first-order valence-corrected chi connectivity index (χ1v) is 11.0. The van der Waals surface area contributed by atoms with Crippen molar-refractivity contribution in [1.82, 2.24) is 19.5 Å². The van der Waals surface area contributed by atoms with Crippen LogP contribution in [0.3, 0.4) is 0 Å². The summed E-state index contributed by atoms with van der Waals surface area (Å²) < 4.78 is 28.7. The number of carbonyl (C=O) groups is 2. The Hall–Kier alpha value is -2.65. The monoisotopic (exact) mass is 418 g/mol. The first kappa shape index (κ1) is 21.1. The van der Waals surface area contributed by atoms with E-state index in [-0.39, 0.29) is 28.9 Å². The Morgan fingerprint density at radius 1 is 1.07 bits per heavy atom. The number of rotatable bonds is 6. The summed E-state index contributed by atoms with van der Waals surface area (Å²) in [5.41, 5.74) is 1.55. The number of carbonyl (C=O) groups excluding carboxylic acids is 2. The van der Waals surface area contributed by atoms with Gasteiger partial charge in [-0.3, -0.25) is 9.59 Å². The van der Waals surface area contributed by atoms with Crippen molar-refractivity contribution in [3.05, 3.63) is 53.3 Å². The van der Waals surface area contributed by atoms with Gasteiger partial charge in [0.25, 0.3) is 11.8 Å². The molecule has 2 N–H and O–H groups in total. The van der Waals surface area contributed by atoms with E-state index >= 15 is 0 Å². The van der Waals surface area contributed by atoms with Crippen LogP contribution in [0.15, 0.2) is 41.4 Å². The maximum Gasteiger partial charge on any atom is 0.268 e. The summed E-state index contributed by atoms with van der Waals surface area (Å²) in [6.45, 7) is 1.25. The molecule has 2 aromatic rings. The molecule has 0 spiro atoms. The highest BCUT2D eigenvalue weighted by molar-refractivity contribution is 7.89. The highest BCUT2D eigenvalue weighted by Gasteiger charge is 2.28. The van der Waals surface area contributed by atoms with Gasteiger partial charge in [-0.15, -0.1) is 0 Å². The van der Waals surface area contributed by atoms with Crippen molar-refractivity contribution in [2.45, 2.75) is 30.7 Å². The zero-order valence-electron chi connectivity index (χ0n) is 16.6. The number of nitrogens with zero attached hydrogens (tertiary/aromatic N) is 2. The number of aryl methyl sites for hydroxylation is 1. The fraction of sp³-hybridized carbons (Fsp3) is 0.400. The molecule has 0 aliphatic carbocycles. The Morgan fingerprint density at radius 2 is 1.79 bits per heavy atom. The van der Waals surface area contributed by atoms with Crippen LogP contribution in [0.4, 0.5) is 0 Å². The smallest absolute Gasteiger partial charge is 0.268 e. The number of piperidine rings is 1. The number of amides is 2. The van der Waals surface area contributed by atoms with E-state index in [4.69, 9.17) is 0 Å². The summed E-state index contributed by atoms with van der Waals surface area (Å²) in [6.07, 6.45) is 4.23. The molecule has 1 aromatic carbocycles. The lowest BCUT2D eigenvalue weighted by molar-refractivity contribution is 0.0941. The Bertz CT molecular complexity index is 1010. The van der Waals surface area contributed by atoms with Crippen LogP contribution in [0.2, 0.25) is 0 Å². The van der Waals surface area contributed by atoms with Crippen molar-refractivity contribution in [3.8, 4) is 0 Å². The van der Waals surface area contributed by atoms with Crippen molar-refractivity contribution in [2.24, 2.45) is 7.05 Å². The lowest BCUT2D eigenvalue weighted by Gasteiger charge is -2.25. The summed E-state index contributed by atoms with van der Waals surface area (Å²) in [4.78, 5) is 24.5. The molecule has 0 saturated carbocycles. The predicted octanol–water partition coefficient (Wildman–Crippen LogP) is 1.49. The van der Waals surface area contributed by atoms with Crippen molar-refractivity contribution >= 4 is 21.8 Å². The van der Waals surface area contributed by atoms with E-state index < -0.39 is 10.0 Å². The molecule has 0 radical (unpaired) electrons. The summed E-state index contributed by atoms with van der Waals surface area (Å²) in [5, 5.41) is 5.34. The van der Waals surface area contributed by atoms with Gasteiger partial charge in [0, 0.05) is 45.5 Å². The molecule has 1 aliphatic heterocycles. The zero-order chi connectivity index (χ0) is 21.0. The van der Waals surface area contributed by atoms with Gasteiger partial charge in [-0.25, -0.2) is 8.42 Å². The number of aromatic nitrogens is 1. The van der Waals surface area contributed by atoms with Crippen LogP contribution in [0.25, 0.3) is 0 Å². The molecule has 29 heavy (non-hydrogen) atoms. The highest BCUT2D eigenvalue weighted by atomic mass is 32.2. The number of hydrogen-bond acceptors (Lipinski definition) is 4. The fourth-order valence-corrected chi connectivity index (χ4v) is 4.98.